The van der Waals surface area contributed by atoms with E-state index in [1.165, 1.54) is 72.9 Å². The largest absolute Gasteiger partial charge is 0.305 e. The van der Waals surface area contributed by atoms with E-state index in [0.717, 1.165) is 34.5 Å². The summed E-state index contributed by atoms with van der Waals surface area (Å²) < 4.78 is 20.7. The topological polar surface area (TPSA) is 25.8 Å². The molecule has 11 rings (SSSR count). The van der Waals surface area contributed by atoms with Gasteiger partial charge in [0.05, 0.1) is 8.07 Å². The molecule has 5 aromatic carbocycles. The van der Waals surface area contributed by atoms with E-state index >= 15 is 0 Å². The fourth-order valence-corrected chi connectivity index (χ4v) is 10.7. The number of nitrogens with zero attached hydrogens (tertiary/aromatic N) is 2. The zero-order valence-electron chi connectivity index (χ0n) is 33.6. The summed E-state index contributed by atoms with van der Waals surface area (Å²) in [5.41, 5.74) is 7.05. The van der Waals surface area contributed by atoms with Gasteiger partial charge in [-0.05, 0) is 93.3 Å². The summed E-state index contributed by atoms with van der Waals surface area (Å²) in [5.74, 6) is 1.33. The van der Waals surface area contributed by atoms with Gasteiger partial charge in [0.25, 0.3) is 0 Å². The molecule has 3 aliphatic rings. The standard InChI is InChI=1S/C32H28NS.C18H18NSi.Ir/c1-2-5-23(6-3-1)25-13-14-27-28-7-4-8-29(32(28)34-31(27)20-25)30-19-22(15-16-33-30)18-26-17-21-9-11-24(26)12-10-21;1-20(2,3)17-10-11-18(19-13-17)16-9-8-14-6-4-5-7-15(14)12-16;/h1-7,13-16,19-21,24,26H,9-12,17-18H2;4-8,10-13H,1-3H3;/q2*-1;/i18D2;;. The van der Waals surface area contributed by atoms with Crippen LogP contribution in [0.5, 0.6) is 0 Å². The smallest absolute Gasteiger partial charge is 0.0795 e. The van der Waals surface area contributed by atoms with E-state index < -0.39 is 14.4 Å². The summed E-state index contributed by atoms with van der Waals surface area (Å²) >= 11 is 1.78. The summed E-state index contributed by atoms with van der Waals surface area (Å²) in [6.07, 6.45) is 8.46. The van der Waals surface area contributed by atoms with Crippen LogP contribution in [0.25, 0.3) is 64.6 Å². The van der Waals surface area contributed by atoms with Crippen LogP contribution in [0.2, 0.25) is 19.6 Å². The Morgan fingerprint density at radius 2 is 1.55 bits per heavy atom. The fourth-order valence-electron chi connectivity index (χ4n) is 8.44. The molecule has 3 fully saturated rings. The molecule has 55 heavy (non-hydrogen) atoms. The van der Waals surface area contributed by atoms with Crippen LogP contribution in [-0.4, -0.2) is 18.0 Å². The van der Waals surface area contributed by atoms with Crippen molar-refractivity contribution in [2.45, 2.75) is 58.1 Å². The van der Waals surface area contributed by atoms with E-state index in [1.54, 1.807) is 17.5 Å². The Morgan fingerprint density at radius 1 is 0.745 bits per heavy atom. The minimum Gasteiger partial charge on any atom is -0.305 e. The van der Waals surface area contributed by atoms with Crippen molar-refractivity contribution in [1.82, 2.24) is 9.97 Å². The van der Waals surface area contributed by atoms with Crippen molar-refractivity contribution in [2.75, 3.05) is 0 Å². The molecule has 277 valence electrons. The van der Waals surface area contributed by atoms with Crippen LogP contribution in [-0.2, 0) is 26.5 Å². The van der Waals surface area contributed by atoms with Gasteiger partial charge in [0.15, 0.2) is 0 Å². The SMILES string of the molecule is C[Si](C)(C)c1ccc(-c2[c-]cc3ccccc3c2)nc1.[2H]C([2H])(c1ccnc(-c2[c-]ccc3c2sc2cc(-c4ccccc4)ccc23)c1)C1CC2CCC1CC2.[Ir]. The summed E-state index contributed by atoms with van der Waals surface area (Å²) in [5, 5.41) is 6.30. The maximum absolute atomic E-state index is 9.16. The molecule has 1 atom stereocenters. The molecule has 3 aliphatic carbocycles. The molecule has 1 unspecified atom stereocenters. The maximum atomic E-state index is 9.16. The summed E-state index contributed by atoms with van der Waals surface area (Å²) in [4.78, 5) is 9.34. The Labute approximate surface area is 347 Å². The predicted octanol–water partition coefficient (Wildman–Crippen LogP) is 13.2. The minimum atomic E-state index is -1.33. The third kappa shape index (κ3) is 8.04. The maximum Gasteiger partial charge on any atom is 0.0795 e. The summed E-state index contributed by atoms with van der Waals surface area (Å²) in [6, 6.07) is 48.9. The zero-order chi connectivity index (χ0) is 38.4. The van der Waals surface area contributed by atoms with Gasteiger partial charge in [-0.2, -0.15) is 11.3 Å². The number of thiophene rings is 1. The first kappa shape index (κ1) is 35.2. The van der Waals surface area contributed by atoms with Crippen molar-refractivity contribution < 1.29 is 22.8 Å². The van der Waals surface area contributed by atoms with Crippen LogP contribution < -0.4 is 5.19 Å². The van der Waals surface area contributed by atoms with Crippen molar-refractivity contribution in [3.63, 3.8) is 0 Å². The molecule has 3 saturated carbocycles. The third-order valence-corrected chi connectivity index (χ3v) is 14.8. The molecule has 5 heteroatoms. The van der Waals surface area contributed by atoms with Gasteiger partial charge < -0.3 is 9.97 Å². The van der Waals surface area contributed by atoms with E-state index in [9.17, 15) is 0 Å². The second-order valence-corrected chi connectivity index (χ2v) is 22.3. The average Bonchev–Trinajstić information content (AvgIpc) is 3.62. The van der Waals surface area contributed by atoms with Gasteiger partial charge >= 0.3 is 0 Å². The Kier molecular flexibility index (Phi) is 10.3. The summed E-state index contributed by atoms with van der Waals surface area (Å²) in [6.45, 7) is 7.02. The van der Waals surface area contributed by atoms with Crippen LogP contribution in [0.4, 0.5) is 0 Å². The average molecular weight is 929 g/mol. The number of pyridine rings is 2. The molecule has 0 aliphatic heterocycles. The monoisotopic (exact) mass is 929 g/mol. The first-order chi connectivity index (χ1) is 27.1. The van der Waals surface area contributed by atoms with Gasteiger partial charge in [-0.25, -0.2) is 0 Å². The molecule has 0 amide bonds. The molecule has 0 saturated heterocycles. The van der Waals surface area contributed by atoms with E-state index in [4.69, 9.17) is 7.73 Å². The van der Waals surface area contributed by atoms with Crippen LogP contribution in [0, 0.1) is 29.9 Å². The normalized spacial score (nSPS) is 18.6. The molecular weight excluding hydrogens is 881 g/mol. The number of aromatic nitrogens is 2. The van der Waals surface area contributed by atoms with E-state index in [0.29, 0.717) is 11.8 Å². The van der Waals surface area contributed by atoms with Crippen LogP contribution in [0.15, 0.2) is 134 Å². The molecule has 0 N–H and O–H groups in total. The molecule has 2 bridgehead atoms. The Hall–Kier alpha value is -4.25. The zero-order valence-corrected chi connectivity index (χ0v) is 35.8. The Morgan fingerprint density at radius 3 is 2.29 bits per heavy atom. The van der Waals surface area contributed by atoms with Gasteiger partial charge in [0, 0.05) is 39.9 Å². The van der Waals surface area contributed by atoms with Gasteiger partial charge in [0.1, 0.15) is 0 Å². The number of rotatable bonds is 6. The van der Waals surface area contributed by atoms with Gasteiger partial charge in [-0.1, -0.05) is 134 Å². The van der Waals surface area contributed by atoms with Crippen LogP contribution >= 0.6 is 11.3 Å². The first-order valence-corrected chi connectivity index (χ1v) is 23.7. The number of benzene rings is 5. The second kappa shape index (κ2) is 16.1. The van der Waals surface area contributed by atoms with Crippen LogP contribution in [0.1, 0.15) is 40.4 Å². The quantitative estimate of drug-likeness (QED) is 0.123. The van der Waals surface area contributed by atoms with Crippen molar-refractivity contribution in [3.05, 3.63) is 151 Å². The second-order valence-electron chi connectivity index (χ2n) is 16.1. The Bertz CT molecular complexity index is 2660. The van der Waals surface area contributed by atoms with Gasteiger partial charge in [-0.15, -0.1) is 52.9 Å². The summed E-state index contributed by atoms with van der Waals surface area (Å²) in [7, 11) is -1.27. The molecule has 3 heterocycles. The van der Waals surface area contributed by atoms with E-state index in [-0.39, 0.29) is 26.0 Å². The Balaban J connectivity index is 0.000000185. The minimum absolute atomic E-state index is 0. The number of hydrogen-bond acceptors (Lipinski definition) is 3. The number of fused-ring (bicyclic) bond motifs is 7. The number of hydrogen-bond donors (Lipinski definition) is 0. The molecular formula is C50H46IrN2SSi-2. The van der Waals surface area contributed by atoms with Crippen LogP contribution in [0.3, 0.4) is 0 Å². The third-order valence-electron chi connectivity index (χ3n) is 11.5. The van der Waals surface area contributed by atoms with E-state index in [2.05, 4.69) is 128 Å². The van der Waals surface area contributed by atoms with Gasteiger partial charge in [-0.3, -0.25) is 0 Å². The first-order valence-electron chi connectivity index (χ1n) is 20.4. The van der Waals surface area contributed by atoms with Gasteiger partial charge in [0.2, 0.25) is 0 Å². The van der Waals surface area contributed by atoms with Crippen molar-refractivity contribution >= 4 is 55.5 Å². The van der Waals surface area contributed by atoms with Crippen molar-refractivity contribution in [3.8, 4) is 33.6 Å². The molecule has 0 spiro atoms. The molecule has 8 aromatic rings. The fraction of sp³-hybridized carbons (Fsp3) is 0.240. The molecule has 1 radical (unpaired) electrons. The predicted molar refractivity (Wildman–Crippen MR) is 233 cm³/mol. The molecule has 3 aromatic heterocycles. The van der Waals surface area contributed by atoms with E-state index in [1.807, 2.05) is 36.5 Å². The van der Waals surface area contributed by atoms with Crippen molar-refractivity contribution in [1.29, 1.82) is 0 Å². The van der Waals surface area contributed by atoms with Crippen molar-refractivity contribution in [2.24, 2.45) is 17.8 Å². The molecule has 2 nitrogen and oxygen atoms in total.